The largest absolute Gasteiger partial charge is 0.497 e. The van der Waals surface area contributed by atoms with Gasteiger partial charge in [0.25, 0.3) is 5.91 Å². The number of fused-ring (bicyclic) bond motifs is 3. The Morgan fingerprint density at radius 1 is 1.32 bits per heavy atom. The Morgan fingerprint density at radius 2 is 2.16 bits per heavy atom. The molecule has 0 saturated carbocycles. The lowest BCUT2D eigenvalue weighted by atomic mass is 9.99. The van der Waals surface area contributed by atoms with E-state index in [4.69, 9.17) is 4.74 Å². The van der Waals surface area contributed by atoms with Crippen LogP contribution in [0.4, 0.5) is 5.00 Å². The van der Waals surface area contributed by atoms with Gasteiger partial charge in [-0.25, -0.2) is 0 Å². The van der Waals surface area contributed by atoms with Crippen LogP contribution < -0.4 is 15.4 Å². The van der Waals surface area contributed by atoms with Crippen molar-refractivity contribution in [2.75, 3.05) is 19.0 Å². The van der Waals surface area contributed by atoms with E-state index in [0.717, 1.165) is 41.4 Å². The molecule has 1 aromatic carbocycles. The summed E-state index contributed by atoms with van der Waals surface area (Å²) in [5, 5.41) is 7.60. The minimum absolute atomic E-state index is 0.0251. The molecule has 2 aromatic rings. The number of methoxy groups -OCH3 is 1. The predicted molar refractivity (Wildman–Crippen MR) is 100 cm³/mol. The first-order valence-corrected chi connectivity index (χ1v) is 9.48. The normalized spacial score (nSPS) is 19.8. The number of rotatable bonds is 3. The molecule has 2 aliphatic rings. The summed E-state index contributed by atoms with van der Waals surface area (Å²) < 4.78 is 5.30. The van der Waals surface area contributed by atoms with E-state index >= 15 is 0 Å². The van der Waals surface area contributed by atoms with Crippen molar-refractivity contribution in [3.8, 4) is 5.75 Å². The van der Waals surface area contributed by atoms with Gasteiger partial charge in [-0.05, 0) is 43.5 Å². The van der Waals surface area contributed by atoms with Gasteiger partial charge in [-0.15, -0.1) is 11.3 Å². The predicted octanol–water partition coefficient (Wildman–Crippen LogP) is 3.38. The summed E-state index contributed by atoms with van der Waals surface area (Å²) in [6.45, 7) is 6.40. The molecule has 0 fully saturated rings. The van der Waals surface area contributed by atoms with Crippen molar-refractivity contribution in [3.63, 3.8) is 0 Å². The van der Waals surface area contributed by atoms with Crippen LogP contribution in [0.1, 0.15) is 46.4 Å². The molecule has 1 amide bonds. The molecule has 2 aliphatic heterocycles. The second kappa shape index (κ2) is 6.35. The van der Waals surface area contributed by atoms with Crippen LogP contribution >= 0.6 is 11.3 Å². The van der Waals surface area contributed by atoms with Crippen LogP contribution in [0.25, 0.3) is 0 Å². The maximum absolute atomic E-state index is 12.8. The van der Waals surface area contributed by atoms with Gasteiger partial charge in [0.05, 0.1) is 12.7 Å². The second-order valence-corrected chi connectivity index (χ2v) is 7.95. The van der Waals surface area contributed by atoms with Gasteiger partial charge >= 0.3 is 0 Å². The smallest absolute Gasteiger partial charge is 0.256 e. The summed E-state index contributed by atoms with van der Waals surface area (Å²) in [6, 6.07) is 8.33. The molecular weight excluding hydrogens is 334 g/mol. The van der Waals surface area contributed by atoms with E-state index in [1.807, 2.05) is 24.3 Å². The molecule has 2 N–H and O–H groups in total. The fourth-order valence-electron chi connectivity index (χ4n) is 3.56. The molecule has 1 atom stereocenters. The highest BCUT2D eigenvalue weighted by molar-refractivity contribution is 7.16. The average molecular weight is 357 g/mol. The van der Waals surface area contributed by atoms with Crippen molar-refractivity contribution in [1.29, 1.82) is 0 Å². The Bertz CT molecular complexity index is 815. The van der Waals surface area contributed by atoms with Crippen LogP contribution in [0.15, 0.2) is 24.3 Å². The van der Waals surface area contributed by atoms with Crippen molar-refractivity contribution in [2.45, 2.75) is 39.0 Å². The number of anilines is 1. The summed E-state index contributed by atoms with van der Waals surface area (Å²) in [6.07, 6.45) is 0.717. The lowest BCUT2D eigenvalue weighted by Crippen LogP contribution is -2.39. The van der Waals surface area contributed by atoms with Crippen LogP contribution in [-0.2, 0) is 13.0 Å². The minimum Gasteiger partial charge on any atom is -0.497 e. The Kier molecular flexibility index (Phi) is 4.17. The van der Waals surface area contributed by atoms with Crippen molar-refractivity contribution >= 4 is 22.2 Å². The fraction of sp³-hybridized carbons (Fsp3) is 0.421. The number of thiophene rings is 1. The van der Waals surface area contributed by atoms with Crippen LogP contribution in [0.5, 0.6) is 5.75 Å². The van der Waals surface area contributed by atoms with E-state index in [-0.39, 0.29) is 12.1 Å². The maximum Gasteiger partial charge on any atom is 0.256 e. The first-order valence-electron chi connectivity index (χ1n) is 8.66. The SMILES string of the molecule is COc1cccc(C2NC(=O)c3c(sc4c3CCN(C(C)C)C4)N2)c1. The number of hydrogen-bond donors (Lipinski definition) is 2. The molecule has 0 radical (unpaired) electrons. The summed E-state index contributed by atoms with van der Waals surface area (Å²) in [7, 11) is 1.65. The number of benzene rings is 1. The number of ether oxygens (including phenoxy) is 1. The lowest BCUT2D eigenvalue weighted by molar-refractivity contribution is 0.0934. The molecule has 0 spiro atoms. The molecule has 0 saturated heterocycles. The molecule has 6 heteroatoms. The lowest BCUT2D eigenvalue weighted by Gasteiger charge is -2.31. The van der Waals surface area contributed by atoms with Crippen molar-refractivity contribution in [2.24, 2.45) is 0 Å². The second-order valence-electron chi connectivity index (χ2n) is 6.85. The monoisotopic (exact) mass is 357 g/mol. The maximum atomic E-state index is 12.8. The van der Waals surface area contributed by atoms with Crippen molar-refractivity contribution in [3.05, 3.63) is 45.8 Å². The molecular formula is C19H23N3O2S. The number of amides is 1. The molecule has 3 heterocycles. The third-order valence-corrected chi connectivity index (χ3v) is 6.17. The van der Waals surface area contributed by atoms with Gasteiger partial charge in [-0.2, -0.15) is 0 Å². The molecule has 0 aliphatic carbocycles. The van der Waals surface area contributed by atoms with Gasteiger partial charge in [-0.3, -0.25) is 9.69 Å². The number of nitrogens with zero attached hydrogens (tertiary/aromatic N) is 1. The highest BCUT2D eigenvalue weighted by Crippen LogP contribution is 2.41. The summed E-state index contributed by atoms with van der Waals surface area (Å²) in [5.74, 6) is 0.814. The average Bonchev–Trinajstić information content (AvgIpc) is 2.99. The first kappa shape index (κ1) is 16.4. The van der Waals surface area contributed by atoms with Crippen LogP contribution in [0, 0.1) is 0 Å². The molecule has 25 heavy (non-hydrogen) atoms. The van der Waals surface area contributed by atoms with Gasteiger partial charge in [0.2, 0.25) is 0 Å². The standard InChI is InChI=1S/C19H23N3O2S/c1-11(2)22-8-7-14-15(10-22)25-19-16(14)18(23)20-17(21-19)12-5-4-6-13(9-12)24-3/h4-6,9,11,17,21H,7-8,10H2,1-3H3,(H,20,23). The number of carbonyl (C=O) groups excluding carboxylic acids is 1. The van der Waals surface area contributed by atoms with Crippen LogP contribution in [0.3, 0.4) is 0 Å². The van der Waals surface area contributed by atoms with E-state index in [0.29, 0.717) is 6.04 Å². The van der Waals surface area contributed by atoms with E-state index in [2.05, 4.69) is 29.4 Å². The van der Waals surface area contributed by atoms with Gasteiger partial charge < -0.3 is 15.4 Å². The summed E-state index contributed by atoms with van der Waals surface area (Å²) in [4.78, 5) is 16.6. The highest BCUT2D eigenvalue weighted by Gasteiger charge is 2.33. The topological polar surface area (TPSA) is 53.6 Å². The zero-order chi connectivity index (χ0) is 17.6. The first-order chi connectivity index (χ1) is 12.1. The van der Waals surface area contributed by atoms with E-state index in [9.17, 15) is 4.79 Å². The molecule has 5 nitrogen and oxygen atoms in total. The summed E-state index contributed by atoms with van der Waals surface area (Å²) >= 11 is 1.73. The third kappa shape index (κ3) is 2.89. The molecule has 1 aromatic heterocycles. The van der Waals surface area contributed by atoms with Gasteiger partial charge in [-0.1, -0.05) is 12.1 Å². The number of carbonyl (C=O) groups is 1. The van der Waals surface area contributed by atoms with Crippen LogP contribution in [0.2, 0.25) is 0 Å². The highest BCUT2D eigenvalue weighted by atomic mass is 32.1. The number of nitrogens with one attached hydrogen (secondary N) is 2. The minimum atomic E-state index is -0.226. The third-order valence-electron chi connectivity index (χ3n) is 5.02. The van der Waals surface area contributed by atoms with Crippen molar-refractivity contribution in [1.82, 2.24) is 10.2 Å². The molecule has 4 rings (SSSR count). The Morgan fingerprint density at radius 3 is 2.92 bits per heavy atom. The summed E-state index contributed by atoms with van der Waals surface area (Å²) in [5.41, 5.74) is 3.07. The zero-order valence-corrected chi connectivity index (χ0v) is 15.6. The van der Waals surface area contributed by atoms with Gasteiger partial charge in [0, 0.05) is 24.0 Å². The van der Waals surface area contributed by atoms with Crippen molar-refractivity contribution < 1.29 is 9.53 Å². The number of hydrogen-bond acceptors (Lipinski definition) is 5. The van der Waals surface area contributed by atoms with E-state index in [1.54, 1.807) is 18.4 Å². The van der Waals surface area contributed by atoms with Gasteiger partial charge in [0.15, 0.2) is 0 Å². The molecule has 1 unspecified atom stereocenters. The molecule has 132 valence electrons. The quantitative estimate of drug-likeness (QED) is 0.884. The fourth-order valence-corrected chi connectivity index (χ4v) is 4.86. The van der Waals surface area contributed by atoms with Gasteiger partial charge in [0.1, 0.15) is 16.9 Å². The Balaban J connectivity index is 1.64. The van der Waals surface area contributed by atoms with E-state index < -0.39 is 0 Å². The van der Waals surface area contributed by atoms with Crippen LogP contribution in [-0.4, -0.2) is 30.5 Å². The molecule has 0 bridgehead atoms. The van der Waals surface area contributed by atoms with E-state index in [1.165, 1.54) is 10.4 Å². The Hall–Kier alpha value is -2.05. The zero-order valence-electron chi connectivity index (χ0n) is 14.8. The Labute approximate surface area is 152 Å².